The van der Waals surface area contributed by atoms with E-state index in [4.69, 9.17) is 32.5 Å². The van der Waals surface area contributed by atoms with E-state index in [2.05, 4.69) is 38.0 Å². The summed E-state index contributed by atoms with van der Waals surface area (Å²) in [4.78, 5) is 41.8. The maximum atomic E-state index is 14.4. The number of anilines is 1. The Hall–Kier alpha value is -3.63. The van der Waals surface area contributed by atoms with Crippen molar-refractivity contribution in [1.82, 2.24) is 10.6 Å². The van der Waals surface area contributed by atoms with E-state index >= 15 is 0 Å². The summed E-state index contributed by atoms with van der Waals surface area (Å²) in [6, 6.07) is 20.7. The molecule has 4 aliphatic rings. The summed E-state index contributed by atoms with van der Waals surface area (Å²) in [7, 11) is 0.963. The second kappa shape index (κ2) is 13.9. The Balaban J connectivity index is 1.29. The molecule has 3 aromatic rings. The lowest BCUT2D eigenvalue weighted by Crippen LogP contribution is -2.65. The lowest BCUT2D eigenvalue weighted by molar-refractivity contribution is -0.199. The maximum Gasteiger partial charge on any atom is 0.482 e. The molecular formula is C38H42BCl2N3O5. The van der Waals surface area contributed by atoms with Gasteiger partial charge in [0, 0.05) is 24.2 Å². The monoisotopic (exact) mass is 701 g/mol. The number of hydrogen-bond acceptors (Lipinski definition) is 5. The molecule has 0 radical (unpaired) electrons. The number of carbonyl (C=O) groups is 3. The van der Waals surface area contributed by atoms with Crippen molar-refractivity contribution in [3.05, 3.63) is 112 Å². The number of carbonyl (C=O) groups excluding carboxylic acids is 3. The minimum absolute atomic E-state index is 0.0667. The number of hydrogen-bond donors (Lipinski definition) is 2. The Kier molecular flexibility index (Phi) is 10.0. The average Bonchev–Trinajstić information content (AvgIpc) is 3.45. The van der Waals surface area contributed by atoms with Gasteiger partial charge < -0.3 is 24.8 Å². The molecule has 2 bridgehead atoms. The van der Waals surface area contributed by atoms with Crippen LogP contribution in [0.25, 0.3) is 0 Å². The van der Waals surface area contributed by atoms with Crippen molar-refractivity contribution in [1.29, 1.82) is 0 Å². The summed E-state index contributed by atoms with van der Waals surface area (Å²) >= 11 is 12.6. The number of nitrogens with one attached hydrogen (secondary N) is 2. The highest BCUT2D eigenvalue weighted by molar-refractivity contribution is 6.48. The molecule has 2 N–H and O–H groups in total. The zero-order valence-corrected chi connectivity index (χ0v) is 29.8. The molecule has 0 aromatic heterocycles. The molecule has 11 heteroatoms. The van der Waals surface area contributed by atoms with Gasteiger partial charge in [-0.25, -0.2) is 0 Å². The normalized spacial score (nSPS) is 24.5. The molecule has 1 aliphatic heterocycles. The number of rotatable bonds is 11. The molecule has 3 aromatic carbocycles. The molecular weight excluding hydrogens is 660 g/mol. The van der Waals surface area contributed by atoms with Crippen LogP contribution in [-0.2, 0) is 31.7 Å². The fourth-order valence-electron chi connectivity index (χ4n) is 7.95. The van der Waals surface area contributed by atoms with Crippen LogP contribution < -0.4 is 15.5 Å². The molecule has 3 amide bonds. The Bertz CT molecular complexity index is 1760. The summed E-state index contributed by atoms with van der Waals surface area (Å²) in [5, 5.41) is 6.66. The molecule has 3 aliphatic carbocycles. The molecule has 8 nitrogen and oxygen atoms in total. The van der Waals surface area contributed by atoms with Gasteiger partial charge >= 0.3 is 7.12 Å². The minimum atomic E-state index is -1.03. The van der Waals surface area contributed by atoms with Crippen LogP contribution in [0.2, 0.25) is 10.0 Å². The number of amides is 3. The van der Waals surface area contributed by atoms with Gasteiger partial charge in [0.15, 0.2) is 0 Å². The van der Waals surface area contributed by atoms with Crippen LogP contribution in [0, 0.1) is 17.3 Å². The predicted molar refractivity (Wildman–Crippen MR) is 194 cm³/mol. The lowest BCUT2D eigenvalue weighted by Gasteiger charge is -2.64. The molecule has 4 fully saturated rings. The maximum absolute atomic E-state index is 14.4. The third-order valence-electron chi connectivity index (χ3n) is 11.0. The van der Waals surface area contributed by atoms with Crippen LogP contribution in [0.4, 0.5) is 5.69 Å². The van der Waals surface area contributed by atoms with Crippen LogP contribution in [0.3, 0.4) is 0 Å². The van der Waals surface area contributed by atoms with E-state index < -0.39 is 36.5 Å². The first-order valence-corrected chi connectivity index (χ1v) is 17.5. The van der Waals surface area contributed by atoms with Crippen molar-refractivity contribution in [2.24, 2.45) is 17.3 Å². The van der Waals surface area contributed by atoms with Crippen molar-refractivity contribution in [2.45, 2.75) is 70.1 Å². The molecule has 49 heavy (non-hydrogen) atoms. The van der Waals surface area contributed by atoms with Gasteiger partial charge in [0.1, 0.15) is 6.04 Å². The third-order valence-corrected chi connectivity index (χ3v) is 11.5. The van der Waals surface area contributed by atoms with Crippen molar-refractivity contribution < 1.29 is 23.7 Å². The molecule has 6 atom stereocenters. The highest BCUT2D eigenvalue weighted by Crippen LogP contribution is 2.65. The first-order chi connectivity index (χ1) is 23.3. The summed E-state index contributed by atoms with van der Waals surface area (Å²) < 4.78 is 13.5. The largest absolute Gasteiger partial charge is 0.482 e. The molecule has 0 spiro atoms. The van der Waals surface area contributed by atoms with E-state index in [-0.39, 0.29) is 34.4 Å². The fraction of sp³-hybridized carbons (Fsp3) is 0.395. The van der Waals surface area contributed by atoms with Crippen LogP contribution >= 0.6 is 23.2 Å². The van der Waals surface area contributed by atoms with Gasteiger partial charge in [-0.2, -0.15) is 0 Å². The lowest BCUT2D eigenvalue weighted by atomic mass is 9.43. The van der Waals surface area contributed by atoms with Crippen molar-refractivity contribution in [3.8, 4) is 0 Å². The first-order valence-electron chi connectivity index (χ1n) is 16.7. The zero-order valence-electron chi connectivity index (χ0n) is 28.2. The van der Waals surface area contributed by atoms with E-state index in [1.807, 2.05) is 42.5 Å². The summed E-state index contributed by atoms with van der Waals surface area (Å²) in [6.07, 6.45) is 3.78. The van der Waals surface area contributed by atoms with Gasteiger partial charge in [0.2, 0.25) is 11.8 Å². The zero-order chi connectivity index (χ0) is 35.1. The smallest absolute Gasteiger partial charge is 0.404 e. The predicted octanol–water partition coefficient (Wildman–Crippen LogP) is 6.48. The standard InChI is InChI=1S/C38H42BCl2N3O5/c1-6-34(45)44(5)27-14-10-13-24(17-27)18-30(42-35(46)28-22-26(40)15-16-29(28)41)36(47)43-33(19-23-11-8-7-9-12-23)39-48-32-21-25-20-31(37(25,2)3)38(32,4)49-39/h6-17,22,25,30-33H,1,18-21H2,2-5H3,(H,42,46)(H,43,47)/t25-,30-,31-,32+,33-,38-/m0/s1. The Morgan fingerprint density at radius 1 is 0.980 bits per heavy atom. The van der Waals surface area contributed by atoms with Gasteiger partial charge in [0.05, 0.1) is 28.2 Å². The van der Waals surface area contributed by atoms with E-state index in [9.17, 15) is 14.4 Å². The van der Waals surface area contributed by atoms with Gasteiger partial charge in [-0.3, -0.25) is 14.4 Å². The Morgan fingerprint density at radius 2 is 1.71 bits per heavy atom. The minimum Gasteiger partial charge on any atom is -0.404 e. The molecule has 3 saturated carbocycles. The van der Waals surface area contributed by atoms with E-state index in [0.717, 1.165) is 24.0 Å². The molecule has 1 saturated heterocycles. The highest BCUT2D eigenvalue weighted by atomic mass is 35.5. The summed E-state index contributed by atoms with van der Waals surface area (Å²) in [5.74, 6) is -0.842. The van der Waals surface area contributed by atoms with Crippen LogP contribution in [0.15, 0.2) is 85.5 Å². The van der Waals surface area contributed by atoms with E-state index in [1.165, 1.54) is 17.0 Å². The Morgan fingerprint density at radius 3 is 2.43 bits per heavy atom. The van der Waals surface area contributed by atoms with E-state index in [1.54, 1.807) is 31.3 Å². The summed E-state index contributed by atoms with van der Waals surface area (Å²) in [6.45, 7) is 10.4. The number of halogens is 2. The second-order valence-electron chi connectivity index (χ2n) is 14.3. The molecule has 256 valence electrons. The molecule has 7 rings (SSSR count). The van der Waals surface area contributed by atoms with Gasteiger partial charge in [-0.05, 0) is 91.0 Å². The average molecular weight is 702 g/mol. The quantitative estimate of drug-likeness (QED) is 0.176. The van der Waals surface area contributed by atoms with Gasteiger partial charge in [-0.1, -0.05) is 86.1 Å². The highest BCUT2D eigenvalue weighted by Gasteiger charge is 2.68. The van der Waals surface area contributed by atoms with Crippen LogP contribution in [-0.4, -0.2) is 55.6 Å². The van der Waals surface area contributed by atoms with Gasteiger partial charge in [-0.15, -0.1) is 0 Å². The fourth-order valence-corrected chi connectivity index (χ4v) is 8.32. The molecule has 0 unspecified atom stereocenters. The third kappa shape index (κ3) is 7.04. The topological polar surface area (TPSA) is 97.0 Å². The number of nitrogens with zero attached hydrogens (tertiary/aromatic N) is 1. The van der Waals surface area contributed by atoms with Gasteiger partial charge in [0.25, 0.3) is 5.91 Å². The Labute approximate surface area is 298 Å². The van der Waals surface area contributed by atoms with Crippen LogP contribution in [0.1, 0.15) is 55.1 Å². The number of likely N-dealkylation sites (N-methyl/N-ethyl adjacent to an activating group) is 1. The van der Waals surface area contributed by atoms with Crippen molar-refractivity contribution >= 4 is 53.7 Å². The SMILES string of the molecule is C=CC(=O)N(C)c1cccc(C[C@H](NC(=O)c2cc(Cl)ccc2Cl)C(=O)N[C@@H](Cc2ccccc2)B2O[C@@H]3C[C@@H]4C[C@@H](C4(C)C)[C@]3(C)O2)c1. The summed E-state index contributed by atoms with van der Waals surface area (Å²) in [5.41, 5.74) is 2.22. The second-order valence-corrected chi connectivity index (χ2v) is 15.1. The van der Waals surface area contributed by atoms with Crippen LogP contribution in [0.5, 0.6) is 0 Å². The first kappa shape index (κ1) is 35.2. The van der Waals surface area contributed by atoms with Crippen molar-refractivity contribution in [2.75, 3.05) is 11.9 Å². The van der Waals surface area contributed by atoms with E-state index in [0.29, 0.717) is 29.0 Å². The number of benzene rings is 3. The van der Waals surface area contributed by atoms with Crippen molar-refractivity contribution in [3.63, 3.8) is 0 Å². The molecule has 1 heterocycles.